The Morgan fingerprint density at radius 2 is 1.81 bits per heavy atom. The molecule has 1 aliphatic rings. The van der Waals surface area contributed by atoms with Gasteiger partial charge in [0.2, 0.25) is 0 Å². The summed E-state index contributed by atoms with van der Waals surface area (Å²) in [5.74, 6) is 1.01. The van der Waals surface area contributed by atoms with Crippen LogP contribution in [0.4, 0.5) is 0 Å². The molecular weight excluding hydrogens is 220 g/mol. The van der Waals surface area contributed by atoms with Crippen molar-refractivity contribution in [1.29, 1.82) is 0 Å². The molecule has 2 heteroatoms. The summed E-state index contributed by atoms with van der Waals surface area (Å²) < 4.78 is 0. The summed E-state index contributed by atoms with van der Waals surface area (Å²) in [6.07, 6.45) is 2.08. The average Bonchev–Trinajstić information content (AvgIpc) is 3.05. The molecule has 0 spiro atoms. The van der Waals surface area contributed by atoms with E-state index in [1.54, 1.807) is 0 Å². The SMILES string of the molecule is Cc1cc(Cl)c(C(O)C(C)C2CC2)cc1C. The van der Waals surface area contributed by atoms with Crippen LogP contribution in [0.3, 0.4) is 0 Å². The van der Waals surface area contributed by atoms with Gasteiger partial charge >= 0.3 is 0 Å². The summed E-state index contributed by atoms with van der Waals surface area (Å²) in [4.78, 5) is 0. The highest BCUT2D eigenvalue weighted by Gasteiger charge is 2.33. The monoisotopic (exact) mass is 238 g/mol. The van der Waals surface area contributed by atoms with E-state index in [-0.39, 0.29) is 0 Å². The van der Waals surface area contributed by atoms with Gasteiger partial charge in [0.15, 0.2) is 0 Å². The maximum Gasteiger partial charge on any atom is 0.0832 e. The number of hydrogen-bond acceptors (Lipinski definition) is 1. The fourth-order valence-corrected chi connectivity index (χ4v) is 2.52. The van der Waals surface area contributed by atoms with Gasteiger partial charge in [0.05, 0.1) is 6.10 Å². The van der Waals surface area contributed by atoms with Crippen LogP contribution in [0.1, 0.15) is 42.6 Å². The molecule has 0 heterocycles. The van der Waals surface area contributed by atoms with Crippen LogP contribution in [0.2, 0.25) is 5.02 Å². The molecule has 1 nitrogen and oxygen atoms in total. The van der Waals surface area contributed by atoms with Crippen molar-refractivity contribution in [3.05, 3.63) is 33.8 Å². The van der Waals surface area contributed by atoms with E-state index in [4.69, 9.17) is 11.6 Å². The summed E-state index contributed by atoms with van der Waals surface area (Å²) in [6, 6.07) is 3.98. The summed E-state index contributed by atoms with van der Waals surface area (Å²) >= 11 is 6.21. The number of rotatable bonds is 3. The van der Waals surface area contributed by atoms with Gasteiger partial charge in [0, 0.05) is 5.02 Å². The van der Waals surface area contributed by atoms with Crippen molar-refractivity contribution in [1.82, 2.24) is 0 Å². The minimum atomic E-state index is -0.417. The standard InChI is InChI=1S/C14H19ClO/c1-8-6-12(13(15)7-9(8)2)14(16)10(3)11-4-5-11/h6-7,10-11,14,16H,4-5H2,1-3H3. The second-order valence-electron chi connectivity index (χ2n) is 5.10. The van der Waals surface area contributed by atoms with E-state index >= 15 is 0 Å². The number of aliphatic hydroxyl groups excluding tert-OH is 1. The number of aryl methyl sites for hydroxylation is 2. The summed E-state index contributed by atoms with van der Waals surface area (Å²) in [6.45, 7) is 6.22. The lowest BCUT2D eigenvalue weighted by Crippen LogP contribution is -2.12. The van der Waals surface area contributed by atoms with Crippen LogP contribution in [-0.4, -0.2) is 5.11 Å². The number of halogens is 1. The molecule has 1 fully saturated rings. The summed E-state index contributed by atoms with van der Waals surface area (Å²) in [5, 5.41) is 11.0. The molecule has 0 saturated heterocycles. The van der Waals surface area contributed by atoms with Crippen LogP contribution in [0.15, 0.2) is 12.1 Å². The van der Waals surface area contributed by atoms with Crippen molar-refractivity contribution in [3.8, 4) is 0 Å². The minimum Gasteiger partial charge on any atom is -0.388 e. The van der Waals surface area contributed by atoms with E-state index in [2.05, 4.69) is 13.8 Å². The van der Waals surface area contributed by atoms with Crippen molar-refractivity contribution in [3.63, 3.8) is 0 Å². The fraction of sp³-hybridized carbons (Fsp3) is 0.571. The van der Waals surface area contributed by atoms with E-state index in [0.717, 1.165) is 5.56 Å². The zero-order valence-corrected chi connectivity index (χ0v) is 10.9. The lowest BCUT2D eigenvalue weighted by Gasteiger charge is -2.21. The summed E-state index contributed by atoms with van der Waals surface area (Å²) in [5.41, 5.74) is 3.27. The van der Waals surface area contributed by atoms with Gasteiger partial charge in [-0.2, -0.15) is 0 Å². The van der Waals surface area contributed by atoms with Gasteiger partial charge in [-0.25, -0.2) is 0 Å². The molecule has 1 N–H and O–H groups in total. The van der Waals surface area contributed by atoms with Crippen LogP contribution >= 0.6 is 11.6 Å². The van der Waals surface area contributed by atoms with E-state index in [0.29, 0.717) is 16.9 Å². The van der Waals surface area contributed by atoms with Crippen molar-refractivity contribution in [2.75, 3.05) is 0 Å². The lowest BCUT2D eigenvalue weighted by molar-refractivity contribution is 0.106. The quantitative estimate of drug-likeness (QED) is 0.843. The van der Waals surface area contributed by atoms with Crippen LogP contribution in [0.25, 0.3) is 0 Å². The molecule has 1 aliphatic carbocycles. The highest BCUT2D eigenvalue weighted by Crippen LogP contribution is 2.44. The van der Waals surface area contributed by atoms with Crippen molar-refractivity contribution in [2.45, 2.75) is 39.7 Å². The Labute approximate surface area is 102 Å². The second-order valence-corrected chi connectivity index (χ2v) is 5.51. The van der Waals surface area contributed by atoms with Crippen molar-refractivity contribution < 1.29 is 5.11 Å². The Morgan fingerprint density at radius 3 is 2.38 bits per heavy atom. The Bertz CT molecular complexity index is 396. The van der Waals surface area contributed by atoms with E-state index in [9.17, 15) is 5.11 Å². The minimum absolute atomic E-state index is 0.319. The Morgan fingerprint density at radius 1 is 1.25 bits per heavy atom. The van der Waals surface area contributed by atoms with Crippen LogP contribution in [0.5, 0.6) is 0 Å². The zero-order chi connectivity index (χ0) is 11.9. The number of hydrogen-bond donors (Lipinski definition) is 1. The smallest absolute Gasteiger partial charge is 0.0832 e. The topological polar surface area (TPSA) is 20.2 Å². The molecule has 2 rings (SSSR count). The largest absolute Gasteiger partial charge is 0.388 e. The molecule has 0 bridgehead atoms. The van der Waals surface area contributed by atoms with E-state index in [1.165, 1.54) is 24.0 Å². The number of benzene rings is 1. The first-order chi connectivity index (χ1) is 7.50. The highest BCUT2D eigenvalue weighted by molar-refractivity contribution is 6.31. The molecular formula is C14H19ClO. The Kier molecular flexibility index (Phi) is 3.27. The second kappa shape index (κ2) is 4.38. The van der Waals surface area contributed by atoms with Gasteiger partial charge in [-0.05, 0) is 61.3 Å². The summed E-state index contributed by atoms with van der Waals surface area (Å²) in [7, 11) is 0. The Balaban J connectivity index is 2.28. The van der Waals surface area contributed by atoms with E-state index < -0.39 is 6.10 Å². The lowest BCUT2D eigenvalue weighted by atomic mass is 9.91. The predicted octanol–water partition coefficient (Wildman–Crippen LogP) is 4.04. The molecule has 2 atom stereocenters. The van der Waals surface area contributed by atoms with Gasteiger partial charge in [0.25, 0.3) is 0 Å². The molecule has 2 unspecified atom stereocenters. The molecule has 1 saturated carbocycles. The fourth-order valence-electron chi connectivity index (χ4n) is 2.19. The average molecular weight is 239 g/mol. The van der Waals surface area contributed by atoms with Crippen molar-refractivity contribution in [2.24, 2.45) is 11.8 Å². The molecule has 16 heavy (non-hydrogen) atoms. The van der Waals surface area contributed by atoms with Gasteiger partial charge in [0.1, 0.15) is 0 Å². The highest BCUT2D eigenvalue weighted by atomic mass is 35.5. The third-order valence-electron chi connectivity index (χ3n) is 3.80. The molecule has 0 aromatic heterocycles. The Hall–Kier alpha value is -0.530. The van der Waals surface area contributed by atoms with Crippen LogP contribution < -0.4 is 0 Å². The third-order valence-corrected chi connectivity index (χ3v) is 4.12. The van der Waals surface area contributed by atoms with Gasteiger partial charge in [-0.15, -0.1) is 0 Å². The third kappa shape index (κ3) is 2.26. The zero-order valence-electron chi connectivity index (χ0n) is 10.1. The normalized spacial score (nSPS) is 19.6. The first-order valence-electron chi connectivity index (χ1n) is 5.95. The molecule has 1 aromatic rings. The maximum absolute atomic E-state index is 10.3. The first kappa shape index (κ1) is 11.9. The number of aliphatic hydroxyl groups is 1. The van der Waals surface area contributed by atoms with E-state index in [1.807, 2.05) is 19.1 Å². The van der Waals surface area contributed by atoms with Crippen LogP contribution in [-0.2, 0) is 0 Å². The molecule has 1 aromatic carbocycles. The van der Waals surface area contributed by atoms with Gasteiger partial charge in [-0.1, -0.05) is 24.6 Å². The van der Waals surface area contributed by atoms with Gasteiger partial charge < -0.3 is 5.11 Å². The first-order valence-corrected chi connectivity index (χ1v) is 6.33. The van der Waals surface area contributed by atoms with Crippen LogP contribution in [0, 0.1) is 25.7 Å². The van der Waals surface area contributed by atoms with Crippen molar-refractivity contribution >= 4 is 11.6 Å². The predicted molar refractivity (Wildman–Crippen MR) is 67.8 cm³/mol. The molecule has 0 aliphatic heterocycles. The molecule has 0 amide bonds. The molecule has 0 radical (unpaired) electrons. The molecule has 88 valence electrons. The maximum atomic E-state index is 10.3. The van der Waals surface area contributed by atoms with Gasteiger partial charge in [-0.3, -0.25) is 0 Å².